The van der Waals surface area contributed by atoms with E-state index < -0.39 is 17.3 Å². The molecule has 21 heavy (non-hydrogen) atoms. The average molecular weight is 288 g/mol. The highest BCUT2D eigenvalue weighted by Gasteiger charge is 2.14. The standard InChI is InChI=1S/C14H12N2O5/c1-21-12-6-8(2-3-9(12)14(19)20)16-13(18)10-7-15-5-4-11(10)17/h2-7H,1H3,(H,15,17)(H,16,18)(H,19,20). The molecular weight excluding hydrogens is 276 g/mol. The second-order valence-electron chi connectivity index (χ2n) is 4.10. The predicted octanol–water partition coefficient (Wildman–Crippen LogP) is 1.33. The van der Waals surface area contributed by atoms with Gasteiger partial charge in [-0.05, 0) is 12.1 Å². The topological polar surface area (TPSA) is 108 Å². The van der Waals surface area contributed by atoms with Crippen LogP contribution in [0.4, 0.5) is 5.69 Å². The smallest absolute Gasteiger partial charge is 0.339 e. The number of amides is 1. The highest BCUT2D eigenvalue weighted by molar-refractivity contribution is 6.04. The van der Waals surface area contributed by atoms with Crippen LogP contribution in [0.2, 0.25) is 0 Å². The molecule has 1 aromatic heterocycles. The fraction of sp³-hybridized carbons (Fsp3) is 0.0714. The molecule has 2 rings (SSSR count). The van der Waals surface area contributed by atoms with E-state index in [1.165, 1.54) is 43.8 Å². The Kier molecular flexibility index (Phi) is 4.03. The molecule has 1 heterocycles. The number of carbonyl (C=O) groups is 2. The molecule has 1 aromatic carbocycles. The molecule has 0 aliphatic carbocycles. The van der Waals surface area contributed by atoms with E-state index in [4.69, 9.17) is 9.84 Å². The zero-order valence-corrected chi connectivity index (χ0v) is 11.0. The molecule has 108 valence electrons. The normalized spacial score (nSPS) is 9.95. The Hall–Kier alpha value is -3.09. The van der Waals surface area contributed by atoms with Crippen molar-refractivity contribution in [2.75, 3.05) is 12.4 Å². The zero-order chi connectivity index (χ0) is 15.4. The molecule has 0 saturated carbocycles. The van der Waals surface area contributed by atoms with E-state index in [9.17, 15) is 14.4 Å². The third kappa shape index (κ3) is 3.08. The summed E-state index contributed by atoms with van der Waals surface area (Å²) in [5, 5.41) is 11.5. The first kappa shape index (κ1) is 14.3. The molecule has 1 amide bonds. The van der Waals surface area contributed by atoms with Crippen LogP contribution in [0.5, 0.6) is 5.75 Å². The molecule has 0 saturated heterocycles. The largest absolute Gasteiger partial charge is 0.496 e. The maximum absolute atomic E-state index is 12.0. The number of carbonyl (C=O) groups excluding carboxylic acids is 1. The summed E-state index contributed by atoms with van der Waals surface area (Å²) < 4.78 is 4.96. The lowest BCUT2D eigenvalue weighted by Gasteiger charge is -2.09. The van der Waals surface area contributed by atoms with Crippen molar-refractivity contribution in [3.05, 3.63) is 58.0 Å². The molecule has 0 fully saturated rings. The number of hydrogen-bond donors (Lipinski definition) is 3. The maximum atomic E-state index is 12.0. The van der Waals surface area contributed by atoms with Gasteiger partial charge in [0.25, 0.3) is 5.91 Å². The number of hydrogen-bond acceptors (Lipinski definition) is 4. The summed E-state index contributed by atoms with van der Waals surface area (Å²) in [5.74, 6) is -1.62. The van der Waals surface area contributed by atoms with Gasteiger partial charge in [0.1, 0.15) is 16.9 Å². The Bertz CT molecular complexity index is 751. The van der Waals surface area contributed by atoms with Gasteiger partial charge in [-0.25, -0.2) is 4.79 Å². The minimum atomic E-state index is -1.13. The van der Waals surface area contributed by atoms with E-state index >= 15 is 0 Å². The highest BCUT2D eigenvalue weighted by Crippen LogP contribution is 2.23. The number of benzene rings is 1. The van der Waals surface area contributed by atoms with Gasteiger partial charge in [-0.2, -0.15) is 0 Å². The molecule has 7 nitrogen and oxygen atoms in total. The van der Waals surface area contributed by atoms with Crippen LogP contribution in [0.25, 0.3) is 0 Å². The Balaban J connectivity index is 2.28. The maximum Gasteiger partial charge on any atom is 0.339 e. The molecule has 2 aromatic rings. The van der Waals surface area contributed by atoms with Gasteiger partial charge < -0.3 is 20.1 Å². The zero-order valence-electron chi connectivity index (χ0n) is 11.0. The van der Waals surface area contributed by atoms with Gasteiger partial charge in [0.05, 0.1) is 7.11 Å². The van der Waals surface area contributed by atoms with Gasteiger partial charge in [-0.3, -0.25) is 9.59 Å². The van der Waals surface area contributed by atoms with Crippen molar-refractivity contribution in [2.24, 2.45) is 0 Å². The first-order valence-electron chi connectivity index (χ1n) is 5.92. The van der Waals surface area contributed by atoms with E-state index in [2.05, 4.69) is 10.3 Å². The third-order valence-electron chi connectivity index (χ3n) is 2.76. The lowest BCUT2D eigenvalue weighted by Crippen LogP contribution is -2.20. The lowest BCUT2D eigenvalue weighted by molar-refractivity contribution is 0.0693. The van der Waals surface area contributed by atoms with Gasteiger partial charge in [0.15, 0.2) is 5.43 Å². The SMILES string of the molecule is COc1cc(NC(=O)c2c[nH]ccc2=O)ccc1C(=O)O. The number of pyridine rings is 1. The van der Waals surface area contributed by atoms with E-state index in [1.54, 1.807) is 0 Å². The number of aromatic nitrogens is 1. The van der Waals surface area contributed by atoms with Gasteiger partial charge in [0, 0.05) is 30.2 Å². The minimum Gasteiger partial charge on any atom is -0.496 e. The Labute approximate surface area is 119 Å². The fourth-order valence-corrected chi connectivity index (χ4v) is 1.74. The Morgan fingerprint density at radius 1 is 1.24 bits per heavy atom. The van der Waals surface area contributed by atoms with Crippen molar-refractivity contribution in [3.63, 3.8) is 0 Å². The van der Waals surface area contributed by atoms with Crippen molar-refractivity contribution in [1.29, 1.82) is 0 Å². The molecule has 3 N–H and O–H groups in total. The lowest BCUT2D eigenvalue weighted by atomic mass is 10.1. The van der Waals surface area contributed by atoms with E-state index in [0.29, 0.717) is 5.69 Å². The fourth-order valence-electron chi connectivity index (χ4n) is 1.74. The summed E-state index contributed by atoms with van der Waals surface area (Å²) in [5.41, 5.74) is -0.155. The number of rotatable bonds is 4. The number of nitrogens with one attached hydrogen (secondary N) is 2. The second-order valence-corrected chi connectivity index (χ2v) is 4.10. The van der Waals surface area contributed by atoms with Crippen molar-refractivity contribution >= 4 is 17.6 Å². The summed E-state index contributed by atoms with van der Waals surface area (Å²) in [4.78, 5) is 37.1. The number of aromatic amines is 1. The number of anilines is 1. The first-order valence-corrected chi connectivity index (χ1v) is 5.92. The van der Waals surface area contributed by atoms with E-state index in [0.717, 1.165) is 0 Å². The monoisotopic (exact) mass is 288 g/mol. The summed E-state index contributed by atoms with van der Waals surface area (Å²) in [6.45, 7) is 0. The quantitative estimate of drug-likeness (QED) is 0.786. The van der Waals surface area contributed by atoms with Crippen LogP contribution >= 0.6 is 0 Å². The molecule has 0 atom stereocenters. The molecule has 0 spiro atoms. The first-order chi connectivity index (χ1) is 10.0. The molecule has 7 heteroatoms. The van der Waals surface area contributed by atoms with E-state index in [-0.39, 0.29) is 16.9 Å². The van der Waals surface area contributed by atoms with Crippen LogP contribution in [-0.2, 0) is 0 Å². The summed E-state index contributed by atoms with van der Waals surface area (Å²) in [6.07, 6.45) is 2.71. The number of methoxy groups -OCH3 is 1. The Morgan fingerprint density at radius 3 is 2.62 bits per heavy atom. The van der Waals surface area contributed by atoms with Crippen molar-refractivity contribution in [2.45, 2.75) is 0 Å². The minimum absolute atomic E-state index is 0.0203. The van der Waals surface area contributed by atoms with Gasteiger partial charge in [-0.1, -0.05) is 0 Å². The number of carboxylic acid groups (broad SMARTS) is 1. The molecule has 0 aliphatic heterocycles. The third-order valence-corrected chi connectivity index (χ3v) is 2.76. The van der Waals surface area contributed by atoms with Crippen LogP contribution in [0.1, 0.15) is 20.7 Å². The predicted molar refractivity (Wildman–Crippen MR) is 75.0 cm³/mol. The van der Waals surface area contributed by atoms with Crippen LogP contribution < -0.4 is 15.5 Å². The summed E-state index contributed by atoms with van der Waals surface area (Å²) >= 11 is 0. The van der Waals surface area contributed by atoms with Gasteiger partial charge >= 0.3 is 5.97 Å². The summed E-state index contributed by atoms with van der Waals surface area (Å²) in [7, 11) is 1.33. The number of aromatic carboxylic acids is 1. The van der Waals surface area contributed by atoms with Crippen molar-refractivity contribution in [3.8, 4) is 5.75 Å². The summed E-state index contributed by atoms with van der Waals surface area (Å²) in [6, 6.07) is 5.34. The molecule has 0 unspecified atom stereocenters. The van der Waals surface area contributed by atoms with Crippen LogP contribution in [0.15, 0.2) is 41.5 Å². The van der Waals surface area contributed by atoms with Crippen LogP contribution in [0.3, 0.4) is 0 Å². The molecule has 0 radical (unpaired) electrons. The molecule has 0 aliphatic rings. The number of H-pyrrole nitrogens is 1. The number of carboxylic acids is 1. The van der Waals surface area contributed by atoms with E-state index in [1.807, 2.05) is 0 Å². The second kappa shape index (κ2) is 5.91. The molecule has 0 bridgehead atoms. The van der Waals surface area contributed by atoms with Crippen LogP contribution in [0, 0.1) is 0 Å². The van der Waals surface area contributed by atoms with Gasteiger partial charge in [-0.15, -0.1) is 0 Å². The highest BCUT2D eigenvalue weighted by atomic mass is 16.5. The average Bonchev–Trinajstić information content (AvgIpc) is 2.47. The van der Waals surface area contributed by atoms with Crippen LogP contribution in [-0.4, -0.2) is 29.1 Å². The van der Waals surface area contributed by atoms with Crippen molar-refractivity contribution < 1.29 is 19.4 Å². The van der Waals surface area contributed by atoms with Gasteiger partial charge in [0.2, 0.25) is 0 Å². The Morgan fingerprint density at radius 2 is 2.00 bits per heavy atom. The molecular formula is C14H12N2O5. The van der Waals surface area contributed by atoms with Crippen molar-refractivity contribution in [1.82, 2.24) is 4.98 Å². The number of ether oxygens (including phenoxy) is 1.